The summed E-state index contributed by atoms with van der Waals surface area (Å²) in [5.41, 5.74) is 6.25. The summed E-state index contributed by atoms with van der Waals surface area (Å²) >= 11 is 0. The van der Waals surface area contributed by atoms with Crippen LogP contribution in [0.25, 0.3) is 0 Å². The van der Waals surface area contributed by atoms with Gasteiger partial charge in [0.2, 0.25) is 0 Å². The van der Waals surface area contributed by atoms with E-state index < -0.39 is 5.91 Å². The van der Waals surface area contributed by atoms with Gasteiger partial charge in [-0.3, -0.25) is 9.59 Å². The van der Waals surface area contributed by atoms with Crippen molar-refractivity contribution in [3.8, 4) is 0 Å². The predicted molar refractivity (Wildman–Crippen MR) is 82.4 cm³/mol. The highest BCUT2D eigenvalue weighted by Gasteiger charge is 2.22. The largest absolute Gasteiger partial charge is 0.364 e. The van der Waals surface area contributed by atoms with E-state index in [9.17, 15) is 9.59 Å². The molecule has 1 aromatic heterocycles. The van der Waals surface area contributed by atoms with Gasteiger partial charge >= 0.3 is 0 Å². The summed E-state index contributed by atoms with van der Waals surface area (Å²) in [6.45, 7) is 2.53. The Hall–Kier alpha value is -2.76. The van der Waals surface area contributed by atoms with Crippen molar-refractivity contribution in [2.75, 3.05) is 13.6 Å². The number of hydrogen-bond acceptors (Lipinski definition) is 4. The fourth-order valence-corrected chi connectivity index (χ4v) is 2.24. The van der Waals surface area contributed by atoms with Gasteiger partial charge in [-0.25, -0.2) is 9.97 Å². The van der Waals surface area contributed by atoms with Crippen LogP contribution in [0.3, 0.4) is 0 Å². The van der Waals surface area contributed by atoms with Crippen LogP contribution in [0.15, 0.2) is 42.7 Å². The van der Waals surface area contributed by atoms with Crippen LogP contribution in [-0.2, 0) is 0 Å². The standard InChI is InChI=1S/C16H18N4O2/c1-11(12-6-4-3-5-7-12)10-20(2)16(22)14-13(15(17)21)18-8-9-19-14/h3-9,11H,10H2,1-2H3,(H2,17,21)/t11-/m0/s1. The smallest absolute Gasteiger partial charge is 0.274 e. The number of amides is 2. The van der Waals surface area contributed by atoms with Gasteiger partial charge in [-0.2, -0.15) is 0 Å². The monoisotopic (exact) mass is 298 g/mol. The molecule has 0 aliphatic rings. The first-order valence-electron chi connectivity index (χ1n) is 6.92. The number of primary amides is 1. The second kappa shape index (κ2) is 6.80. The molecule has 0 unspecified atom stereocenters. The zero-order chi connectivity index (χ0) is 16.1. The molecule has 0 saturated carbocycles. The Balaban J connectivity index is 2.15. The third kappa shape index (κ3) is 3.46. The lowest BCUT2D eigenvalue weighted by atomic mass is 10.0. The molecular weight excluding hydrogens is 280 g/mol. The van der Waals surface area contributed by atoms with Crippen LogP contribution in [0.5, 0.6) is 0 Å². The fraction of sp³-hybridized carbons (Fsp3) is 0.250. The van der Waals surface area contributed by atoms with Crippen LogP contribution in [0, 0.1) is 0 Å². The molecule has 0 aliphatic heterocycles. The van der Waals surface area contributed by atoms with Crippen molar-refractivity contribution in [2.24, 2.45) is 5.73 Å². The van der Waals surface area contributed by atoms with Crippen molar-refractivity contribution in [3.63, 3.8) is 0 Å². The third-order valence-corrected chi connectivity index (χ3v) is 3.40. The van der Waals surface area contributed by atoms with Gasteiger partial charge in [-0.1, -0.05) is 37.3 Å². The molecule has 0 radical (unpaired) electrons. The highest BCUT2D eigenvalue weighted by atomic mass is 16.2. The highest BCUT2D eigenvalue weighted by molar-refractivity contribution is 6.03. The van der Waals surface area contributed by atoms with E-state index >= 15 is 0 Å². The van der Waals surface area contributed by atoms with E-state index in [1.54, 1.807) is 7.05 Å². The number of carbonyl (C=O) groups is 2. The lowest BCUT2D eigenvalue weighted by molar-refractivity contribution is 0.0775. The average molecular weight is 298 g/mol. The Morgan fingerprint density at radius 3 is 2.32 bits per heavy atom. The Labute approximate surface area is 129 Å². The van der Waals surface area contributed by atoms with E-state index in [2.05, 4.69) is 9.97 Å². The first-order valence-corrected chi connectivity index (χ1v) is 6.92. The molecular formula is C16H18N4O2. The third-order valence-electron chi connectivity index (χ3n) is 3.40. The number of rotatable bonds is 5. The normalized spacial score (nSPS) is 11.7. The van der Waals surface area contributed by atoms with E-state index in [0.29, 0.717) is 6.54 Å². The van der Waals surface area contributed by atoms with E-state index in [1.807, 2.05) is 37.3 Å². The lowest BCUT2D eigenvalue weighted by Crippen LogP contribution is -2.33. The fourth-order valence-electron chi connectivity index (χ4n) is 2.24. The van der Waals surface area contributed by atoms with E-state index in [-0.39, 0.29) is 23.2 Å². The minimum atomic E-state index is -0.763. The van der Waals surface area contributed by atoms with Crippen molar-refractivity contribution in [2.45, 2.75) is 12.8 Å². The first-order chi connectivity index (χ1) is 10.5. The summed E-state index contributed by atoms with van der Waals surface area (Å²) in [5.74, 6) is -0.977. The van der Waals surface area contributed by atoms with Crippen molar-refractivity contribution in [3.05, 3.63) is 59.7 Å². The number of hydrogen-bond donors (Lipinski definition) is 1. The van der Waals surface area contributed by atoms with E-state index in [4.69, 9.17) is 5.73 Å². The second-order valence-corrected chi connectivity index (χ2v) is 5.12. The Morgan fingerprint density at radius 2 is 1.73 bits per heavy atom. The minimum Gasteiger partial charge on any atom is -0.364 e. The molecule has 2 amide bonds. The molecule has 22 heavy (non-hydrogen) atoms. The maximum absolute atomic E-state index is 12.5. The molecule has 114 valence electrons. The highest BCUT2D eigenvalue weighted by Crippen LogP contribution is 2.16. The summed E-state index contributed by atoms with van der Waals surface area (Å²) in [6, 6.07) is 9.90. The Kier molecular flexibility index (Phi) is 4.83. The van der Waals surface area contributed by atoms with Gasteiger partial charge in [0.05, 0.1) is 0 Å². The van der Waals surface area contributed by atoms with Gasteiger partial charge in [0, 0.05) is 26.0 Å². The molecule has 1 atom stereocenters. The molecule has 0 bridgehead atoms. The molecule has 2 N–H and O–H groups in total. The molecule has 0 fully saturated rings. The lowest BCUT2D eigenvalue weighted by Gasteiger charge is -2.22. The van der Waals surface area contributed by atoms with Crippen molar-refractivity contribution < 1.29 is 9.59 Å². The Bertz CT molecular complexity index is 673. The number of likely N-dealkylation sites (N-methyl/N-ethyl adjacent to an activating group) is 1. The topological polar surface area (TPSA) is 89.2 Å². The molecule has 2 aromatic rings. The first kappa shape index (κ1) is 15.6. The summed E-state index contributed by atoms with van der Waals surface area (Å²) in [7, 11) is 1.67. The molecule has 1 heterocycles. The number of nitrogens with zero attached hydrogens (tertiary/aromatic N) is 3. The number of carbonyl (C=O) groups excluding carboxylic acids is 2. The van der Waals surface area contributed by atoms with Crippen LogP contribution in [-0.4, -0.2) is 40.3 Å². The second-order valence-electron chi connectivity index (χ2n) is 5.12. The van der Waals surface area contributed by atoms with E-state index in [1.165, 1.54) is 17.3 Å². The van der Waals surface area contributed by atoms with Crippen LogP contribution in [0.2, 0.25) is 0 Å². The van der Waals surface area contributed by atoms with Gasteiger partial charge in [-0.15, -0.1) is 0 Å². The average Bonchev–Trinajstić information content (AvgIpc) is 2.54. The number of aromatic nitrogens is 2. The van der Waals surface area contributed by atoms with Gasteiger partial charge in [0.1, 0.15) is 0 Å². The van der Waals surface area contributed by atoms with Crippen molar-refractivity contribution >= 4 is 11.8 Å². The SMILES string of the molecule is C[C@@H](CN(C)C(=O)c1nccnc1C(N)=O)c1ccccc1. The molecule has 0 spiro atoms. The summed E-state index contributed by atoms with van der Waals surface area (Å²) in [5, 5.41) is 0. The zero-order valence-electron chi connectivity index (χ0n) is 12.6. The quantitative estimate of drug-likeness (QED) is 0.904. The summed E-state index contributed by atoms with van der Waals surface area (Å²) < 4.78 is 0. The van der Waals surface area contributed by atoms with Crippen LogP contribution >= 0.6 is 0 Å². The molecule has 0 saturated heterocycles. The molecule has 1 aromatic carbocycles. The van der Waals surface area contributed by atoms with Crippen molar-refractivity contribution in [1.29, 1.82) is 0 Å². The Morgan fingerprint density at radius 1 is 1.14 bits per heavy atom. The number of benzene rings is 1. The number of nitrogens with two attached hydrogens (primary N) is 1. The van der Waals surface area contributed by atoms with Crippen LogP contribution in [0.4, 0.5) is 0 Å². The van der Waals surface area contributed by atoms with Gasteiger partial charge in [-0.05, 0) is 11.5 Å². The van der Waals surface area contributed by atoms with Crippen LogP contribution < -0.4 is 5.73 Å². The van der Waals surface area contributed by atoms with Crippen LogP contribution in [0.1, 0.15) is 39.4 Å². The van der Waals surface area contributed by atoms with Gasteiger partial charge in [0.25, 0.3) is 11.8 Å². The molecule has 6 heteroatoms. The summed E-state index contributed by atoms with van der Waals surface area (Å²) in [6.07, 6.45) is 2.71. The zero-order valence-corrected chi connectivity index (χ0v) is 12.6. The van der Waals surface area contributed by atoms with Gasteiger partial charge < -0.3 is 10.6 Å². The molecule has 2 rings (SSSR count). The van der Waals surface area contributed by atoms with E-state index in [0.717, 1.165) is 5.56 Å². The molecule has 0 aliphatic carbocycles. The van der Waals surface area contributed by atoms with Crippen molar-refractivity contribution in [1.82, 2.24) is 14.9 Å². The summed E-state index contributed by atoms with van der Waals surface area (Å²) in [4.78, 5) is 33.1. The maximum atomic E-state index is 12.5. The minimum absolute atomic E-state index is 0.0160. The molecule has 6 nitrogen and oxygen atoms in total. The maximum Gasteiger partial charge on any atom is 0.274 e. The predicted octanol–water partition coefficient (Wildman–Crippen LogP) is 1.45. The van der Waals surface area contributed by atoms with Gasteiger partial charge in [0.15, 0.2) is 11.4 Å².